The number of rotatable bonds is 6. The quantitative estimate of drug-likeness (QED) is 0.576. The van der Waals surface area contributed by atoms with Gasteiger partial charge in [0.15, 0.2) is 5.82 Å². The summed E-state index contributed by atoms with van der Waals surface area (Å²) in [6.45, 7) is 4.24. The highest BCUT2D eigenvalue weighted by Gasteiger charge is 2.35. The number of nitrogens with one attached hydrogen (secondary N) is 1. The molecule has 2 heterocycles. The van der Waals surface area contributed by atoms with E-state index in [2.05, 4.69) is 15.5 Å². The molecule has 1 N–H and O–H groups in total. The van der Waals surface area contributed by atoms with Gasteiger partial charge in [0, 0.05) is 36.2 Å². The number of aryl methyl sites for hydroxylation is 1. The number of halogens is 1. The van der Waals surface area contributed by atoms with Crippen LogP contribution in [-0.2, 0) is 6.42 Å². The molecule has 1 fully saturated rings. The fourth-order valence-corrected chi connectivity index (χ4v) is 3.29. The molecule has 1 aliphatic heterocycles. The van der Waals surface area contributed by atoms with Crippen LogP contribution in [0.3, 0.4) is 0 Å². The van der Waals surface area contributed by atoms with Crippen LogP contribution in [0.25, 0.3) is 0 Å². The Balaban J connectivity index is 0.00000280. The van der Waals surface area contributed by atoms with Crippen LogP contribution >= 0.6 is 12.4 Å². The number of aromatic nitrogens is 2. The lowest BCUT2D eigenvalue weighted by Gasteiger charge is -2.22. The Kier molecular flexibility index (Phi) is 7.09. The maximum absolute atomic E-state index is 13.0. The molecule has 1 saturated heterocycles. The van der Waals surface area contributed by atoms with Crippen molar-refractivity contribution in [3.63, 3.8) is 0 Å². The van der Waals surface area contributed by atoms with E-state index in [1.807, 2.05) is 14.0 Å². The maximum Gasteiger partial charge on any atom is 0.272 e. The summed E-state index contributed by atoms with van der Waals surface area (Å²) in [5.41, 5.74) is 0.890. The predicted molar refractivity (Wildman–Crippen MR) is 105 cm³/mol. The van der Waals surface area contributed by atoms with Crippen LogP contribution in [-0.4, -0.2) is 45.5 Å². The van der Waals surface area contributed by atoms with Gasteiger partial charge in [0.2, 0.25) is 5.89 Å². The lowest BCUT2D eigenvalue weighted by atomic mass is 10.1. The third kappa shape index (κ3) is 4.48. The van der Waals surface area contributed by atoms with Crippen molar-refractivity contribution < 1.29 is 14.2 Å². The Hall–Kier alpha value is -2.52. The van der Waals surface area contributed by atoms with Crippen LogP contribution in [0.5, 0.6) is 0 Å². The Labute approximate surface area is 169 Å². The summed E-state index contributed by atoms with van der Waals surface area (Å²) in [7, 11) is 1.87. The van der Waals surface area contributed by atoms with Crippen LogP contribution in [0.1, 0.15) is 53.4 Å². The van der Waals surface area contributed by atoms with Gasteiger partial charge in [-0.25, -0.2) is 0 Å². The fourth-order valence-electron chi connectivity index (χ4n) is 3.29. The van der Waals surface area contributed by atoms with E-state index in [0.29, 0.717) is 35.8 Å². The summed E-state index contributed by atoms with van der Waals surface area (Å²) in [4.78, 5) is 29.6. The highest BCUT2D eigenvalue weighted by Crippen LogP contribution is 2.33. The molecule has 9 nitrogen and oxygen atoms in total. The monoisotopic (exact) mass is 409 g/mol. The van der Waals surface area contributed by atoms with Gasteiger partial charge in [-0.05, 0) is 45.9 Å². The van der Waals surface area contributed by atoms with Gasteiger partial charge in [-0.15, -0.1) is 12.4 Å². The minimum atomic E-state index is -0.450. The van der Waals surface area contributed by atoms with Crippen molar-refractivity contribution >= 4 is 24.0 Å². The summed E-state index contributed by atoms with van der Waals surface area (Å²) < 4.78 is 5.41. The van der Waals surface area contributed by atoms with E-state index < -0.39 is 4.92 Å². The highest BCUT2D eigenvalue weighted by atomic mass is 35.5. The van der Waals surface area contributed by atoms with Gasteiger partial charge in [0.05, 0.1) is 4.92 Å². The molecule has 0 spiro atoms. The van der Waals surface area contributed by atoms with Gasteiger partial charge in [0.1, 0.15) is 6.04 Å². The molecule has 0 saturated carbocycles. The summed E-state index contributed by atoms with van der Waals surface area (Å²) in [5, 5.41) is 18.1. The molecule has 2 unspecified atom stereocenters. The number of carbonyl (C=O) groups excluding carboxylic acids is 1. The number of nitro benzene ring substituents is 1. The number of benzene rings is 1. The maximum atomic E-state index is 13.0. The normalized spacial score (nSPS) is 17.2. The molecular weight excluding hydrogens is 386 g/mol. The van der Waals surface area contributed by atoms with Crippen molar-refractivity contribution in [2.45, 2.75) is 45.2 Å². The van der Waals surface area contributed by atoms with Gasteiger partial charge < -0.3 is 14.7 Å². The second kappa shape index (κ2) is 9.11. The molecule has 10 heteroatoms. The molecule has 2 aromatic rings. The predicted octanol–water partition coefficient (Wildman–Crippen LogP) is 2.84. The van der Waals surface area contributed by atoms with Gasteiger partial charge in [-0.3, -0.25) is 14.9 Å². The van der Waals surface area contributed by atoms with Gasteiger partial charge in [-0.2, -0.15) is 4.98 Å². The van der Waals surface area contributed by atoms with E-state index in [-0.39, 0.29) is 36.1 Å². The molecule has 2 atom stereocenters. The fraction of sp³-hybridized carbons (Fsp3) is 0.500. The van der Waals surface area contributed by atoms with Crippen molar-refractivity contribution in [3.8, 4) is 0 Å². The Morgan fingerprint density at radius 2 is 2.25 bits per heavy atom. The number of nitrogens with zero attached hydrogens (tertiary/aromatic N) is 4. The Morgan fingerprint density at radius 3 is 2.89 bits per heavy atom. The number of likely N-dealkylation sites (tertiary alicyclic amines) is 1. The van der Waals surface area contributed by atoms with Gasteiger partial charge >= 0.3 is 0 Å². The molecule has 28 heavy (non-hydrogen) atoms. The Bertz CT molecular complexity index is 856. The lowest BCUT2D eigenvalue weighted by molar-refractivity contribution is -0.385. The van der Waals surface area contributed by atoms with E-state index in [0.717, 1.165) is 12.8 Å². The van der Waals surface area contributed by atoms with E-state index in [4.69, 9.17) is 4.52 Å². The molecule has 0 aliphatic carbocycles. The van der Waals surface area contributed by atoms with Crippen molar-refractivity contribution in [3.05, 3.63) is 51.2 Å². The second-order valence-corrected chi connectivity index (χ2v) is 6.86. The van der Waals surface area contributed by atoms with E-state index in [9.17, 15) is 14.9 Å². The van der Waals surface area contributed by atoms with Crippen molar-refractivity contribution in [1.29, 1.82) is 0 Å². The average Bonchev–Trinajstić information content (AvgIpc) is 3.29. The molecule has 1 aromatic carbocycles. The number of amides is 1. The second-order valence-electron chi connectivity index (χ2n) is 6.86. The smallest absolute Gasteiger partial charge is 0.272 e. The molecule has 0 bridgehead atoms. The number of hydrogen-bond donors (Lipinski definition) is 1. The summed E-state index contributed by atoms with van der Waals surface area (Å²) in [6.07, 6.45) is 2.23. The first-order valence-corrected chi connectivity index (χ1v) is 8.96. The van der Waals surface area contributed by atoms with Crippen LogP contribution in [0.2, 0.25) is 0 Å². The van der Waals surface area contributed by atoms with E-state index >= 15 is 0 Å². The zero-order valence-corrected chi connectivity index (χ0v) is 16.9. The average molecular weight is 410 g/mol. The largest absolute Gasteiger partial charge is 0.337 e. The number of hydrogen-bond acceptors (Lipinski definition) is 7. The number of nitro groups is 1. The SMILES string of the molecule is CNC(C)Cc1noc(C2CCCN2C(=O)c2ccc([N+](=O)[O-])c(C)c2)n1.Cl. The molecular formula is C18H24ClN5O4. The standard InChI is InChI=1S/C18H23N5O4.ClH/c1-11-9-13(6-7-14(11)23(25)26)18(24)22-8-4-5-15(22)17-20-16(21-27-17)10-12(2)19-3;/h6-7,9,12,15,19H,4-5,8,10H2,1-3H3;1H. The molecule has 0 radical (unpaired) electrons. The van der Waals surface area contributed by atoms with Gasteiger partial charge in [0.25, 0.3) is 11.6 Å². The zero-order valence-electron chi connectivity index (χ0n) is 16.0. The highest BCUT2D eigenvalue weighted by molar-refractivity contribution is 5.95. The molecule has 1 amide bonds. The first kappa shape index (κ1) is 21.8. The summed E-state index contributed by atoms with van der Waals surface area (Å²) in [5.74, 6) is 0.869. The number of carbonyl (C=O) groups is 1. The third-order valence-electron chi connectivity index (χ3n) is 4.90. The molecule has 1 aliphatic rings. The summed E-state index contributed by atoms with van der Waals surface area (Å²) >= 11 is 0. The van der Waals surface area contributed by atoms with Crippen LogP contribution < -0.4 is 5.32 Å². The molecule has 3 rings (SSSR count). The topological polar surface area (TPSA) is 114 Å². The number of likely N-dealkylation sites (N-methyl/N-ethyl adjacent to an activating group) is 1. The van der Waals surface area contributed by atoms with Crippen LogP contribution in [0.15, 0.2) is 22.7 Å². The lowest BCUT2D eigenvalue weighted by Crippen LogP contribution is -2.31. The third-order valence-corrected chi connectivity index (χ3v) is 4.90. The molecule has 152 valence electrons. The van der Waals surface area contributed by atoms with E-state index in [1.165, 1.54) is 12.1 Å². The van der Waals surface area contributed by atoms with Crippen molar-refractivity contribution in [2.24, 2.45) is 0 Å². The Morgan fingerprint density at radius 1 is 1.50 bits per heavy atom. The van der Waals surface area contributed by atoms with Crippen LogP contribution in [0.4, 0.5) is 5.69 Å². The van der Waals surface area contributed by atoms with Crippen molar-refractivity contribution in [1.82, 2.24) is 20.4 Å². The zero-order chi connectivity index (χ0) is 19.6. The first-order chi connectivity index (χ1) is 12.9. The minimum absolute atomic E-state index is 0. The van der Waals surface area contributed by atoms with Crippen molar-refractivity contribution in [2.75, 3.05) is 13.6 Å². The van der Waals surface area contributed by atoms with E-state index in [1.54, 1.807) is 17.9 Å². The van der Waals surface area contributed by atoms with Crippen LogP contribution in [0, 0.1) is 17.0 Å². The minimum Gasteiger partial charge on any atom is -0.337 e. The molecule has 1 aromatic heterocycles. The summed E-state index contributed by atoms with van der Waals surface area (Å²) in [6, 6.07) is 4.39. The van der Waals surface area contributed by atoms with Gasteiger partial charge in [-0.1, -0.05) is 5.16 Å². The first-order valence-electron chi connectivity index (χ1n) is 8.96.